The summed E-state index contributed by atoms with van der Waals surface area (Å²) in [6, 6.07) is 21.6. The number of carbonyl (C=O) groups excluding carboxylic acids is 3. The largest absolute Gasteiger partial charge is 0.493 e. The van der Waals surface area contributed by atoms with E-state index in [0.29, 0.717) is 29.2 Å². The third-order valence-electron chi connectivity index (χ3n) is 5.87. The Bertz CT molecular complexity index is 1310. The molecule has 5 rings (SSSR count). The van der Waals surface area contributed by atoms with Crippen molar-refractivity contribution >= 4 is 17.5 Å². The molecule has 6 nitrogen and oxygen atoms in total. The van der Waals surface area contributed by atoms with Gasteiger partial charge < -0.3 is 14.2 Å². The molecule has 1 aliphatic heterocycles. The highest BCUT2D eigenvalue weighted by Gasteiger charge is 2.43. The van der Waals surface area contributed by atoms with Crippen molar-refractivity contribution in [3.63, 3.8) is 0 Å². The lowest BCUT2D eigenvalue weighted by Gasteiger charge is -2.30. The molecule has 0 radical (unpaired) electrons. The van der Waals surface area contributed by atoms with Gasteiger partial charge >= 0.3 is 5.97 Å². The van der Waals surface area contributed by atoms with E-state index in [2.05, 4.69) is 0 Å². The minimum Gasteiger partial charge on any atom is -0.493 e. The van der Waals surface area contributed by atoms with Gasteiger partial charge in [0.1, 0.15) is 6.61 Å². The molecule has 33 heavy (non-hydrogen) atoms. The summed E-state index contributed by atoms with van der Waals surface area (Å²) in [7, 11) is 1.53. The fourth-order valence-corrected chi connectivity index (χ4v) is 4.25. The molecule has 3 aromatic rings. The Morgan fingerprint density at radius 2 is 1.55 bits per heavy atom. The highest BCUT2D eigenvalue weighted by molar-refractivity contribution is 6.27. The van der Waals surface area contributed by atoms with Gasteiger partial charge in [0.25, 0.3) is 0 Å². The average molecular weight is 440 g/mol. The third kappa shape index (κ3) is 3.69. The summed E-state index contributed by atoms with van der Waals surface area (Å²) in [6.07, 6.45) is -0.0482. The highest BCUT2D eigenvalue weighted by atomic mass is 16.5. The molecule has 0 N–H and O–H groups in total. The number of allylic oxidation sites excluding steroid dienone is 2. The van der Waals surface area contributed by atoms with E-state index in [1.54, 1.807) is 42.5 Å². The number of ketones is 2. The molecule has 2 aliphatic rings. The van der Waals surface area contributed by atoms with Gasteiger partial charge in [-0.15, -0.1) is 0 Å². The second-order valence-corrected chi connectivity index (χ2v) is 7.86. The molecule has 0 bridgehead atoms. The number of hydrogen-bond acceptors (Lipinski definition) is 6. The molecule has 0 fully saturated rings. The second-order valence-electron chi connectivity index (χ2n) is 7.86. The van der Waals surface area contributed by atoms with Gasteiger partial charge in [-0.25, -0.2) is 0 Å². The first-order valence-corrected chi connectivity index (χ1v) is 10.5. The molecule has 3 aromatic carbocycles. The number of methoxy groups -OCH3 is 1. The van der Waals surface area contributed by atoms with Crippen molar-refractivity contribution in [1.82, 2.24) is 0 Å². The van der Waals surface area contributed by atoms with Crippen LogP contribution in [0.2, 0.25) is 0 Å². The summed E-state index contributed by atoms with van der Waals surface area (Å²) in [5.74, 6) is -1.10. The van der Waals surface area contributed by atoms with Crippen LogP contribution in [0.25, 0.3) is 0 Å². The van der Waals surface area contributed by atoms with E-state index in [1.165, 1.54) is 7.11 Å². The lowest BCUT2D eigenvalue weighted by Crippen LogP contribution is -2.32. The molecule has 1 atom stereocenters. The molecule has 164 valence electrons. The van der Waals surface area contributed by atoms with Gasteiger partial charge in [0.05, 0.1) is 19.1 Å². The van der Waals surface area contributed by atoms with E-state index in [4.69, 9.17) is 14.2 Å². The second kappa shape index (κ2) is 8.39. The fourth-order valence-electron chi connectivity index (χ4n) is 4.25. The summed E-state index contributed by atoms with van der Waals surface area (Å²) < 4.78 is 16.7. The monoisotopic (exact) mass is 440 g/mol. The Morgan fingerprint density at radius 1 is 0.848 bits per heavy atom. The number of hydrogen-bond donors (Lipinski definition) is 0. The number of benzene rings is 3. The van der Waals surface area contributed by atoms with Gasteiger partial charge in [0, 0.05) is 17.0 Å². The van der Waals surface area contributed by atoms with Crippen LogP contribution in [0.4, 0.5) is 0 Å². The van der Waals surface area contributed by atoms with Crippen molar-refractivity contribution in [3.05, 3.63) is 106 Å². The minimum atomic E-state index is -0.622. The maximum atomic E-state index is 13.3. The van der Waals surface area contributed by atoms with Crippen LogP contribution in [0.1, 0.15) is 44.2 Å². The quantitative estimate of drug-likeness (QED) is 0.538. The Kier molecular flexibility index (Phi) is 5.26. The van der Waals surface area contributed by atoms with Gasteiger partial charge in [-0.05, 0) is 23.3 Å². The molecule has 0 saturated carbocycles. The Hall–Kier alpha value is -4.19. The topological polar surface area (TPSA) is 78.9 Å². The maximum Gasteiger partial charge on any atom is 0.312 e. The van der Waals surface area contributed by atoms with E-state index < -0.39 is 17.7 Å². The van der Waals surface area contributed by atoms with E-state index >= 15 is 0 Å². The first kappa shape index (κ1) is 20.7. The maximum absolute atomic E-state index is 13.3. The molecule has 6 heteroatoms. The fraction of sp³-hybridized carbons (Fsp3) is 0.148. The van der Waals surface area contributed by atoms with Crippen molar-refractivity contribution in [2.75, 3.05) is 7.11 Å². The zero-order chi connectivity index (χ0) is 22.9. The molecular formula is C27H20O6. The van der Waals surface area contributed by atoms with Crippen LogP contribution >= 0.6 is 0 Å². The summed E-state index contributed by atoms with van der Waals surface area (Å²) in [4.78, 5) is 38.7. The van der Waals surface area contributed by atoms with Gasteiger partial charge in [-0.1, -0.05) is 60.7 Å². The summed E-state index contributed by atoms with van der Waals surface area (Å²) in [5.41, 5.74) is 2.45. The first-order chi connectivity index (χ1) is 16.1. The van der Waals surface area contributed by atoms with Crippen molar-refractivity contribution in [2.45, 2.75) is 18.9 Å². The summed E-state index contributed by atoms with van der Waals surface area (Å²) in [6.45, 7) is 0.366. The Labute approximate surface area is 190 Å². The molecule has 1 heterocycles. The van der Waals surface area contributed by atoms with Crippen LogP contribution in [-0.4, -0.2) is 24.6 Å². The lowest BCUT2D eigenvalue weighted by molar-refractivity contribution is -0.140. The van der Waals surface area contributed by atoms with Crippen LogP contribution in [-0.2, 0) is 16.1 Å². The SMILES string of the molecule is COc1cc([C@@H]2CC(=O)OC3=C2C(=O)c2ccccc2C3=O)ccc1OCc1ccccc1. The van der Waals surface area contributed by atoms with Crippen molar-refractivity contribution in [3.8, 4) is 11.5 Å². The van der Waals surface area contributed by atoms with Gasteiger partial charge in [-0.2, -0.15) is 0 Å². The molecule has 0 amide bonds. The van der Waals surface area contributed by atoms with Crippen LogP contribution < -0.4 is 9.47 Å². The van der Waals surface area contributed by atoms with Gasteiger partial charge in [-0.3, -0.25) is 14.4 Å². The number of fused-ring (bicyclic) bond motifs is 1. The minimum absolute atomic E-state index is 0.0482. The molecular weight excluding hydrogens is 420 g/mol. The van der Waals surface area contributed by atoms with Gasteiger partial charge in [0.15, 0.2) is 23.0 Å². The first-order valence-electron chi connectivity index (χ1n) is 10.5. The number of rotatable bonds is 5. The number of esters is 1. The predicted molar refractivity (Wildman–Crippen MR) is 119 cm³/mol. The Balaban J connectivity index is 1.50. The number of Topliss-reactive ketones (excluding diaryl/α,β-unsaturated/α-hetero) is 2. The zero-order valence-corrected chi connectivity index (χ0v) is 17.9. The zero-order valence-electron chi connectivity index (χ0n) is 17.9. The normalized spacial score (nSPS) is 17.2. The Morgan fingerprint density at radius 3 is 2.27 bits per heavy atom. The van der Waals surface area contributed by atoms with Crippen LogP contribution in [0.3, 0.4) is 0 Å². The number of carbonyl (C=O) groups is 3. The smallest absolute Gasteiger partial charge is 0.312 e. The van der Waals surface area contributed by atoms with Gasteiger partial charge in [0.2, 0.25) is 5.78 Å². The summed E-state index contributed by atoms with van der Waals surface area (Å²) >= 11 is 0. The lowest BCUT2D eigenvalue weighted by atomic mass is 9.77. The predicted octanol–water partition coefficient (Wildman–Crippen LogP) is 4.64. The van der Waals surface area contributed by atoms with Crippen molar-refractivity contribution in [2.24, 2.45) is 0 Å². The van der Waals surface area contributed by atoms with E-state index in [9.17, 15) is 14.4 Å². The number of ether oxygens (including phenoxy) is 3. The van der Waals surface area contributed by atoms with Crippen molar-refractivity contribution < 1.29 is 28.6 Å². The molecule has 0 spiro atoms. The summed E-state index contributed by atoms with van der Waals surface area (Å²) in [5, 5.41) is 0. The van der Waals surface area contributed by atoms with Crippen LogP contribution in [0.5, 0.6) is 11.5 Å². The standard InChI is InChI=1S/C27H20O6/c1-31-22-13-17(11-12-21(22)32-15-16-7-3-2-4-8-16)20-14-23(28)33-27-24(20)25(29)18-9-5-6-10-19(18)26(27)30/h2-13,20H,14-15H2,1H3/t20-/m0/s1. The third-order valence-corrected chi connectivity index (χ3v) is 5.87. The molecule has 0 aromatic heterocycles. The molecule has 0 unspecified atom stereocenters. The highest BCUT2D eigenvalue weighted by Crippen LogP contribution is 2.43. The van der Waals surface area contributed by atoms with E-state index in [0.717, 1.165) is 5.56 Å². The molecule has 0 saturated heterocycles. The van der Waals surface area contributed by atoms with Crippen LogP contribution in [0.15, 0.2) is 84.1 Å². The van der Waals surface area contributed by atoms with Crippen LogP contribution in [0, 0.1) is 0 Å². The average Bonchev–Trinajstić information content (AvgIpc) is 2.86. The van der Waals surface area contributed by atoms with E-state index in [1.807, 2.05) is 30.3 Å². The molecule has 1 aliphatic carbocycles. The van der Waals surface area contributed by atoms with Crippen molar-refractivity contribution in [1.29, 1.82) is 0 Å². The van der Waals surface area contributed by atoms with E-state index in [-0.39, 0.29) is 29.1 Å².